The number of carbonyl (C=O) groups is 1. The molecule has 1 unspecified atom stereocenters. The fourth-order valence-electron chi connectivity index (χ4n) is 4.85. The molecule has 4 rings (SSSR count). The molecule has 2 heterocycles. The van der Waals surface area contributed by atoms with Crippen LogP contribution in [0.1, 0.15) is 18.9 Å². The Labute approximate surface area is 190 Å². The molecule has 7 nitrogen and oxygen atoms in total. The van der Waals surface area contributed by atoms with Gasteiger partial charge in [-0.2, -0.15) is 0 Å². The Bertz CT molecular complexity index is 956. The summed E-state index contributed by atoms with van der Waals surface area (Å²) in [5.41, 5.74) is 3.15. The van der Waals surface area contributed by atoms with Crippen molar-refractivity contribution >= 4 is 17.3 Å². The molecule has 32 heavy (non-hydrogen) atoms. The highest BCUT2D eigenvalue weighted by atomic mass is 16.5. The Hall–Kier alpha value is -2.93. The van der Waals surface area contributed by atoms with Gasteiger partial charge >= 0.3 is 0 Å². The number of nitrogens with zero attached hydrogens (tertiary/aromatic N) is 3. The van der Waals surface area contributed by atoms with Crippen LogP contribution >= 0.6 is 0 Å². The number of rotatable bonds is 7. The van der Waals surface area contributed by atoms with Gasteiger partial charge in [-0.1, -0.05) is 19.1 Å². The summed E-state index contributed by atoms with van der Waals surface area (Å²) in [5.74, 6) is 2.42. The Morgan fingerprint density at radius 3 is 2.16 bits per heavy atom. The Morgan fingerprint density at radius 2 is 1.50 bits per heavy atom. The summed E-state index contributed by atoms with van der Waals surface area (Å²) in [5, 5.41) is 0. The number of hydrogen-bond acceptors (Lipinski definition) is 6. The third-order valence-corrected chi connectivity index (χ3v) is 6.61. The van der Waals surface area contributed by atoms with Crippen LogP contribution in [-0.4, -0.2) is 70.9 Å². The average molecular weight is 440 g/mol. The maximum atomic E-state index is 13.5. The van der Waals surface area contributed by atoms with Gasteiger partial charge in [0.2, 0.25) is 5.91 Å². The first-order valence-electron chi connectivity index (χ1n) is 11.3. The number of benzene rings is 2. The summed E-state index contributed by atoms with van der Waals surface area (Å²) in [7, 11) is 4.97. The van der Waals surface area contributed by atoms with Crippen LogP contribution in [-0.2, 0) is 11.2 Å². The van der Waals surface area contributed by atoms with Crippen LogP contribution in [0.5, 0.6) is 17.2 Å². The van der Waals surface area contributed by atoms with Crippen molar-refractivity contribution in [2.75, 3.05) is 63.9 Å². The highest BCUT2D eigenvalue weighted by molar-refractivity contribution is 6.00. The molecule has 7 heteroatoms. The van der Waals surface area contributed by atoms with Gasteiger partial charge in [0.25, 0.3) is 0 Å². The Balaban J connectivity index is 1.47. The lowest BCUT2D eigenvalue weighted by molar-refractivity contribution is -0.121. The first kappa shape index (κ1) is 22.3. The smallest absolute Gasteiger partial charge is 0.244 e. The zero-order valence-electron chi connectivity index (χ0n) is 19.5. The zero-order valence-corrected chi connectivity index (χ0v) is 19.5. The molecule has 0 radical (unpaired) electrons. The van der Waals surface area contributed by atoms with E-state index in [9.17, 15) is 4.79 Å². The third kappa shape index (κ3) is 4.09. The van der Waals surface area contributed by atoms with Gasteiger partial charge in [0.1, 0.15) is 5.75 Å². The molecule has 2 aliphatic rings. The quantitative estimate of drug-likeness (QED) is 0.661. The maximum absolute atomic E-state index is 13.5. The van der Waals surface area contributed by atoms with E-state index in [0.717, 1.165) is 68.3 Å². The number of para-hydroxylation sites is 2. The molecule has 1 amide bonds. The average Bonchev–Trinajstić information content (AvgIpc) is 3.24. The molecule has 0 bridgehead atoms. The van der Waals surface area contributed by atoms with Crippen molar-refractivity contribution in [1.82, 2.24) is 4.90 Å². The van der Waals surface area contributed by atoms with Crippen molar-refractivity contribution < 1.29 is 19.0 Å². The van der Waals surface area contributed by atoms with Crippen LogP contribution in [0.4, 0.5) is 11.4 Å². The second kappa shape index (κ2) is 9.69. The molecule has 1 atom stereocenters. The second-order valence-electron chi connectivity index (χ2n) is 8.18. The van der Waals surface area contributed by atoms with Crippen molar-refractivity contribution in [2.45, 2.75) is 25.8 Å². The highest BCUT2D eigenvalue weighted by Crippen LogP contribution is 2.38. The molecule has 0 aromatic heterocycles. The Morgan fingerprint density at radius 1 is 0.844 bits per heavy atom. The van der Waals surface area contributed by atoms with E-state index >= 15 is 0 Å². The van der Waals surface area contributed by atoms with Crippen LogP contribution < -0.4 is 24.0 Å². The number of methoxy groups -OCH3 is 3. The van der Waals surface area contributed by atoms with Crippen LogP contribution in [0.2, 0.25) is 0 Å². The number of amides is 1. The number of piperazine rings is 1. The number of aryl methyl sites for hydroxylation is 1. The summed E-state index contributed by atoms with van der Waals surface area (Å²) in [4.78, 5) is 20.1. The minimum absolute atomic E-state index is 0.0763. The van der Waals surface area contributed by atoms with Crippen LogP contribution in [0.25, 0.3) is 0 Å². The third-order valence-electron chi connectivity index (χ3n) is 6.61. The van der Waals surface area contributed by atoms with Crippen LogP contribution in [0.15, 0.2) is 36.4 Å². The van der Waals surface area contributed by atoms with Gasteiger partial charge in [0, 0.05) is 38.8 Å². The van der Waals surface area contributed by atoms with Gasteiger partial charge in [-0.05, 0) is 36.6 Å². The van der Waals surface area contributed by atoms with E-state index in [4.69, 9.17) is 14.2 Å². The van der Waals surface area contributed by atoms with Crippen molar-refractivity contribution in [1.29, 1.82) is 0 Å². The van der Waals surface area contributed by atoms with E-state index in [1.807, 2.05) is 35.2 Å². The number of anilines is 2. The summed E-state index contributed by atoms with van der Waals surface area (Å²) < 4.78 is 16.5. The zero-order chi connectivity index (χ0) is 22.7. The van der Waals surface area contributed by atoms with Gasteiger partial charge in [0.15, 0.2) is 11.5 Å². The van der Waals surface area contributed by atoms with E-state index in [2.05, 4.69) is 22.8 Å². The van der Waals surface area contributed by atoms with E-state index in [0.29, 0.717) is 11.5 Å². The highest BCUT2D eigenvalue weighted by Gasteiger charge is 2.39. The SMILES string of the molecule is CCc1cc(OC)c(OC)cc1N1CCC(N2CCN(c3ccccc3OC)CC2)C1=O. The van der Waals surface area contributed by atoms with Crippen molar-refractivity contribution in [2.24, 2.45) is 0 Å². The van der Waals surface area contributed by atoms with E-state index in [1.165, 1.54) is 0 Å². The minimum atomic E-state index is -0.0763. The minimum Gasteiger partial charge on any atom is -0.495 e. The van der Waals surface area contributed by atoms with Gasteiger partial charge < -0.3 is 24.0 Å². The molecule has 0 spiro atoms. The summed E-state index contributed by atoms with van der Waals surface area (Å²) >= 11 is 0. The molecule has 2 aromatic rings. The molecular formula is C25H33N3O4. The molecular weight excluding hydrogens is 406 g/mol. The monoisotopic (exact) mass is 439 g/mol. The topological polar surface area (TPSA) is 54.5 Å². The number of carbonyl (C=O) groups excluding carboxylic acids is 1. The largest absolute Gasteiger partial charge is 0.495 e. The standard InChI is InChI=1S/C25H33N3O4/c1-5-18-16-23(31-3)24(32-4)17-21(18)28-11-10-20(25(28)29)27-14-12-26(13-15-27)19-8-6-7-9-22(19)30-2/h6-9,16-17,20H,5,10-15H2,1-4H3. The molecule has 0 N–H and O–H groups in total. The predicted octanol–water partition coefficient (Wildman–Crippen LogP) is 3.20. The van der Waals surface area contributed by atoms with Crippen molar-refractivity contribution in [3.63, 3.8) is 0 Å². The van der Waals surface area contributed by atoms with Gasteiger partial charge in [-0.3, -0.25) is 9.69 Å². The molecule has 0 aliphatic carbocycles. The maximum Gasteiger partial charge on any atom is 0.244 e. The normalized spacial score (nSPS) is 19.4. The van der Waals surface area contributed by atoms with E-state index in [-0.39, 0.29) is 11.9 Å². The van der Waals surface area contributed by atoms with Crippen molar-refractivity contribution in [3.8, 4) is 17.2 Å². The lowest BCUT2D eigenvalue weighted by Crippen LogP contribution is -2.52. The molecule has 172 valence electrons. The lowest BCUT2D eigenvalue weighted by atomic mass is 10.1. The van der Waals surface area contributed by atoms with Gasteiger partial charge in [-0.15, -0.1) is 0 Å². The van der Waals surface area contributed by atoms with E-state index in [1.54, 1.807) is 21.3 Å². The molecule has 2 fully saturated rings. The molecule has 2 aromatic carbocycles. The molecule has 2 saturated heterocycles. The first-order chi connectivity index (χ1) is 15.6. The van der Waals surface area contributed by atoms with Crippen LogP contribution in [0.3, 0.4) is 0 Å². The summed E-state index contributed by atoms with van der Waals surface area (Å²) in [6.45, 7) is 6.28. The number of ether oxygens (including phenoxy) is 3. The molecule has 2 aliphatic heterocycles. The van der Waals surface area contributed by atoms with Gasteiger partial charge in [0.05, 0.1) is 38.7 Å². The fourth-order valence-corrected chi connectivity index (χ4v) is 4.85. The summed E-state index contributed by atoms with van der Waals surface area (Å²) in [6.07, 6.45) is 1.66. The summed E-state index contributed by atoms with van der Waals surface area (Å²) in [6, 6.07) is 12.0. The molecule has 0 saturated carbocycles. The van der Waals surface area contributed by atoms with Crippen molar-refractivity contribution in [3.05, 3.63) is 42.0 Å². The first-order valence-corrected chi connectivity index (χ1v) is 11.3. The van der Waals surface area contributed by atoms with E-state index < -0.39 is 0 Å². The lowest BCUT2D eigenvalue weighted by Gasteiger charge is -2.38. The predicted molar refractivity (Wildman–Crippen MR) is 126 cm³/mol. The Kier molecular flexibility index (Phi) is 6.74. The van der Waals surface area contributed by atoms with Crippen LogP contribution in [0, 0.1) is 0 Å². The second-order valence-corrected chi connectivity index (χ2v) is 8.18. The number of hydrogen-bond donors (Lipinski definition) is 0. The fraction of sp³-hybridized carbons (Fsp3) is 0.480. The van der Waals surface area contributed by atoms with Gasteiger partial charge in [-0.25, -0.2) is 0 Å².